The second kappa shape index (κ2) is 8.83. The van der Waals surface area contributed by atoms with Gasteiger partial charge in [0.1, 0.15) is 17.5 Å². The van der Waals surface area contributed by atoms with Gasteiger partial charge in [-0.2, -0.15) is 0 Å². The molecular weight excluding hydrogens is 384 g/mol. The van der Waals surface area contributed by atoms with E-state index in [2.05, 4.69) is 25.2 Å². The molecule has 3 heterocycles. The van der Waals surface area contributed by atoms with E-state index in [1.54, 1.807) is 12.3 Å². The van der Waals surface area contributed by atoms with E-state index in [-0.39, 0.29) is 5.92 Å². The topological polar surface area (TPSA) is 53.9 Å². The zero-order valence-corrected chi connectivity index (χ0v) is 17.2. The van der Waals surface area contributed by atoms with Crippen LogP contribution in [0.5, 0.6) is 0 Å². The normalized spacial score (nSPS) is 17.1. The molecule has 1 fully saturated rings. The van der Waals surface area contributed by atoms with Crippen LogP contribution in [0.3, 0.4) is 0 Å². The van der Waals surface area contributed by atoms with Gasteiger partial charge in [-0.05, 0) is 68.6 Å². The number of pyridine rings is 1. The lowest BCUT2D eigenvalue weighted by Crippen LogP contribution is -2.34. The predicted octanol–water partition coefficient (Wildman–Crippen LogP) is 4.89. The molecule has 0 radical (unpaired) electrons. The lowest BCUT2D eigenvalue weighted by atomic mass is 9.94. The van der Waals surface area contributed by atoms with E-state index in [4.69, 9.17) is 0 Å². The average molecular weight is 409 g/mol. The van der Waals surface area contributed by atoms with E-state index < -0.39 is 11.6 Å². The highest BCUT2D eigenvalue weighted by Crippen LogP contribution is 2.28. The molecule has 156 valence electrons. The largest absolute Gasteiger partial charge is 0.325 e. The van der Waals surface area contributed by atoms with Crippen molar-refractivity contribution in [2.24, 2.45) is 0 Å². The summed E-state index contributed by atoms with van der Waals surface area (Å²) in [5, 5.41) is 3.27. The van der Waals surface area contributed by atoms with Crippen molar-refractivity contribution in [2.45, 2.75) is 39.2 Å². The minimum atomic E-state index is -0.810. The van der Waals surface area contributed by atoms with E-state index in [1.165, 1.54) is 12.1 Å². The number of hydrogen-bond donors (Lipinski definition) is 1. The SMILES string of the molecule is Cc1ccnc(Nc2cc([C@@H]3CCCN(Cc4ccc(F)c(F)c4)C3)nc(C)n2)c1. The minimum absolute atomic E-state index is 0.261. The van der Waals surface area contributed by atoms with Crippen LogP contribution < -0.4 is 5.32 Å². The fraction of sp³-hybridized carbons (Fsp3) is 0.348. The number of likely N-dealkylation sites (tertiary alicyclic amines) is 1. The summed E-state index contributed by atoms with van der Waals surface area (Å²) in [6.07, 6.45) is 3.83. The third-order valence-corrected chi connectivity index (χ3v) is 5.34. The number of rotatable bonds is 5. The van der Waals surface area contributed by atoms with Crippen LogP contribution in [-0.2, 0) is 6.54 Å². The maximum absolute atomic E-state index is 13.5. The zero-order chi connectivity index (χ0) is 21.1. The molecule has 0 saturated carbocycles. The summed E-state index contributed by atoms with van der Waals surface area (Å²) in [5.74, 6) is 0.843. The van der Waals surface area contributed by atoms with Gasteiger partial charge in [-0.15, -0.1) is 0 Å². The number of aromatic nitrogens is 3. The molecule has 4 rings (SSSR count). The molecule has 0 unspecified atom stereocenters. The lowest BCUT2D eigenvalue weighted by Gasteiger charge is -2.32. The molecule has 0 spiro atoms. The van der Waals surface area contributed by atoms with Crippen LogP contribution >= 0.6 is 0 Å². The molecule has 2 aromatic heterocycles. The van der Waals surface area contributed by atoms with E-state index in [1.807, 2.05) is 32.0 Å². The molecule has 1 aliphatic heterocycles. The van der Waals surface area contributed by atoms with Gasteiger partial charge in [0.15, 0.2) is 11.6 Å². The fourth-order valence-corrected chi connectivity index (χ4v) is 3.94. The van der Waals surface area contributed by atoms with Gasteiger partial charge in [0, 0.05) is 31.3 Å². The monoisotopic (exact) mass is 409 g/mol. The van der Waals surface area contributed by atoms with Crippen LogP contribution in [0.2, 0.25) is 0 Å². The Bertz CT molecular complexity index is 1040. The van der Waals surface area contributed by atoms with Gasteiger partial charge in [0.25, 0.3) is 0 Å². The van der Waals surface area contributed by atoms with Gasteiger partial charge < -0.3 is 5.32 Å². The zero-order valence-electron chi connectivity index (χ0n) is 17.2. The Morgan fingerprint density at radius 3 is 2.70 bits per heavy atom. The number of anilines is 2. The minimum Gasteiger partial charge on any atom is -0.325 e. The molecule has 1 aliphatic rings. The quantitative estimate of drug-likeness (QED) is 0.650. The van der Waals surface area contributed by atoms with Crippen molar-refractivity contribution in [3.63, 3.8) is 0 Å². The van der Waals surface area contributed by atoms with Crippen LogP contribution in [-0.4, -0.2) is 32.9 Å². The second-order valence-electron chi connectivity index (χ2n) is 7.89. The number of hydrogen-bond acceptors (Lipinski definition) is 5. The molecule has 30 heavy (non-hydrogen) atoms. The van der Waals surface area contributed by atoms with Crippen LogP contribution in [0.4, 0.5) is 20.4 Å². The number of piperidine rings is 1. The van der Waals surface area contributed by atoms with Crippen molar-refractivity contribution in [1.29, 1.82) is 0 Å². The number of aryl methyl sites for hydroxylation is 2. The number of benzene rings is 1. The van der Waals surface area contributed by atoms with Crippen molar-refractivity contribution >= 4 is 11.6 Å². The van der Waals surface area contributed by atoms with E-state index in [9.17, 15) is 8.78 Å². The van der Waals surface area contributed by atoms with Gasteiger partial charge in [0.2, 0.25) is 0 Å². The lowest BCUT2D eigenvalue weighted by molar-refractivity contribution is 0.198. The standard InChI is InChI=1S/C23H25F2N5/c1-15-7-8-26-22(10-15)29-23-12-21(27-16(2)28-23)18-4-3-9-30(14-18)13-17-5-6-19(24)20(25)11-17/h5-8,10-12,18H,3-4,9,13-14H2,1-2H3,(H,26,27,28,29)/t18-/m1/s1. The predicted molar refractivity (Wildman–Crippen MR) is 113 cm³/mol. The van der Waals surface area contributed by atoms with Crippen LogP contribution in [0, 0.1) is 25.5 Å². The summed E-state index contributed by atoms with van der Waals surface area (Å²) in [6, 6.07) is 10.0. The fourth-order valence-electron chi connectivity index (χ4n) is 3.94. The Hall–Kier alpha value is -2.93. The summed E-state index contributed by atoms with van der Waals surface area (Å²) in [6.45, 7) is 6.25. The molecule has 1 N–H and O–H groups in total. The maximum atomic E-state index is 13.5. The third kappa shape index (κ3) is 4.97. The Morgan fingerprint density at radius 2 is 1.90 bits per heavy atom. The highest BCUT2D eigenvalue weighted by Gasteiger charge is 2.23. The first kappa shape index (κ1) is 20.3. The summed E-state index contributed by atoms with van der Waals surface area (Å²) < 4.78 is 26.7. The highest BCUT2D eigenvalue weighted by molar-refractivity contribution is 5.52. The Kier molecular flexibility index (Phi) is 5.99. The third-order valence-electron chi connectivity index (χ3n) is 5.34. The summed E-state index contributed by atoms with van der Waals surface area (Å²) in [4.78, 5) is 15.8. The van der Waals surface area contributed by atoms with Crippen molar-refractivity contribution < 1.29 is 8.78 Å². The first-order valence-corrected chi connectivity index (χ1v) is 10.2. The summed E-state index contributed by atoms with van der Waals surface area (Å²) in [7, 11) is 0. The summed E-state index contributed by atoms with van der Waals surface area (Å²) >= 11 is 0. The van der Waals surface area contributed by atoms with Gasteiger partial charge in [-0.3, -0.25) is 4.90 Å². The number of halogens is 2. The number of nitrogens with one attached hydrogen (secondary N) is 1. The molecule has 1 saturated heterocycles. The molecule has 3 aromatic rings. The van der Waals surface area contributed by atoms with E-state index in [0.717, 1.165) is 54.4 Å². The molecule has 1 aromatic carbocycles. The van der Waals surface area contributed by atoms with Gasteiger partial charge in [-0.1, -0.05) is 6.07 Å². The van der Waals surface area contributed by atoms with Crippen LogP contribution in [0.25, 0.3) is 0 Å². The molecule has 1 atom stereocenters. The molecule has 5 nitrogen and oxygen atoms in total. The second-order valence-corrected chi connectivity index (χ2v) is 7.89. The molecule has 7 heteroatoms. The Morgan fingerprint density at radius 1 is 1.03 bits per heavy atom. The van der Waals surface area contributed by atoms with Gasteiger partial charge in [-0.25, -0.2) is 23.7 Å². The van der Waals surface area contributed by atoms with Gasteiger partial charge >= 0.3 is 0 Å². The summed E-state index contributed by atoms with van der Waals surface area (Å²) in [5.41, 5.74) is 2.90. The molecule has 0 amide bonds. The number of nitrogens with zero attached hydrogens (tertiary/aromatic N) is 4. The Balaban J connectivity index is 1.48. The van der Waals surface area contributed by atoms with E-state index in [0.29, 0.717) is 12.4 Å². The highest BCUT2D eigenvalue weighted by atomic mass is 19.2. The molecule has 0 aliphatic carbocycles. The van der Waals surface area contributed by atoms with Crippen LogP contribution in [0.15, 0.2) is 42.6 Å². The first-order chi connectivity index (χ1) is 14.5. The Labute approximate surface area is 175 Å². The van der Waals surface area contributed by atoms with E-state index >= 15 is 0 Å². The van der Waals surface area contributed by atoms with Crippen LogP contribution in [0.1, 0.15) is 41.4 Å². The van der Waals surface area contributed by atoms with Crippen molar-refractivity contribution in [1.82, 2.24) is 19.9 Å². The maximum Gasteiger partial charge on any atom is 0.159 e. The van der Waals surface area contributed by atoms with Crippen molar-refractivity contribution in [2.75, 3.05) is 18.4 Å². The molecule has 0 bridgehead atoms. The van der Waals surface area contributed by atoms with Gasteiger partial charge in [0.05, 0.1) is 5.69 Å². The average Bonchev–Trinajstić information content (AvgIpc) is 2.71. The van der Waals surface area contributed by atoms with Crippen molar-refractivity contribution in [3.8, 4) is 0 Å². The van der Waals surface area contributed by atoms with Crippen molar-refractivity contribution in [3.05, 3.63) is 76.9 Å². The smallest absolute Gasteiger partial charge is 0.159 e. The molecular formula is C23H25F2N5. The first-order valence-electron chi connectivity index (χ1n) is 10.2.